The molecule has 1 aromatic rings. The first-order chi connectivity index (χ1) is 12.6. The minimum Gasteiger partial charge on any atom is -0.342 e. The van der Waals surface area contributed by atoms with Gasteiger partial charge in [0.1, 0.15) is 0 Å². The molecule has 3 rings (SSSR count). The van der Waals surface area contributed by atoms with Crippen molar-refractivity contribution in [2.24, 2.45) is 0 Å². The summed E-state index contributed by atoms with van der Waals surface area (Å²) in [4.78, 5) is 57.4. The molecule has 9 nitrogen and oxygen atoms in total. The number of carbonyl (C=O) groups excluding carboxylic acids is 4. The molecule has 2 aliphatic rings. The van der Waals surface area contributed by atoms with Gasteiger partial charge >= 0.3 is 0 Å². The second kappa shape index (κ2) is 7.94. The van der Waals surface area contributed by atoms with Crippen molar-refractivity contribution in [3.8, 4) is 0 Å². The van der Waals surface area contributed by atoms with E-state index in [-0.39, 0.29) is 11.8 Å². The van der Waals surface area contributed by atoms with E-state index in [0.29, 0.717) is 63.5 Å². The molecular weight excluding hydrogens is 338 g/mol. The number of carbonyl (C=O) groups is 4. The molecule has 9 heteroatoms. The van der Waals surface area contributed by atoms with Crippen LogP contribution in [0.25, 0.3) is 0 Å². The maximum absolute atomic E-state index is 12.6. The van der Waals surface area contributed by atoms with Crippen LogP contribution in [0, 0.1) is 0 Å². The average Bonchev–Trinajstić information content (AvgIpc) is 2.73. The third-order valence-corrected chi connectivity index (χ3v) is 4.73. The van der Waals surface area contributed by atoms with E-state index in [1.165, 1.54) is 12.4 Å². The van der Waals surface area contributed by atoms with Crippen LogP contribution in [0.1, 0.15) is 20.7 Å². The first-order valence-electron chi connectivity index (χ1n) is 8.54. The Kier molecular flexibility index (Phi) is 5.45. The summed E-state index contributed by atoms with van der Waals surface area (Å²) in [7, 11) is 0. The van der Waals surface area contributed by atoms with E-state index < -0.39 is 0 Å². The average molecular weight is 359 g/mol. The van der Waals surface area contributed by atoms with E-state index in [1.807, 2.05) is 0 Å². The van der Waals surface area contributed by atoms with Crippen molar-refractivity contribution < 1.29 is 19.2 Å². The standard InChI is InChI=1S/C17H21N5O4/c23-12-19-1-5-21(6-2-19)16(25)14-9-15(11-18-10-14)17(26)22-7-3-20(13-24)4-8-22/h9-13H,1-8H2. The third-order valence-electron chi connectivity index (χ3n) is 4.73. The van der Waals surface area contributed by atoms with Gasteiger partial charge in [-0.3, -0.25) is 24.2 Å². The van der Waals surface area contributed by atoms with Crippen molar-refractivity contribution in [1.82, 2.24) is 24.6 Å². The normalized spacial score (nSPS) is 17.8. The lowest BCUT2D eigenvalue weighted by molar-refractivity contribution is -0.120. The summed E-state index contributed by atoms with van der Waals surface area (Å²) in [5.41, 5.74) is 0.726. The van der Waals surface area contributed by atoms with E-state index in [9.17, 15) is 19.2 Å². The molecule has 0 N–H and O–H groups in total. The number of rotatable bonds is 4. The Morgan fingerprint density at radius 3 is 1.46 bits per heavy atom. The molecule has 4 amide bonds. The van der Waals surface area contributed by atoms with Crippen LogP contribution in [0.2, 0.25) is 0 Å². The second-order valence-corrected chi connectivity index (χ2v) is 6.33. The first kappa shape index (κ1) is 17.8. The van der Waals surface area contributed by atoms with Gasteiger partial charge in [0.25, 0.3) is 11.8 Å². The highest BCUT2D eigenvalue weighted by Gasteiger charge is 2.25. The Hall–Kier alpha value is -2.97. The molecule has 138 valence electrons. The number of nitrogens with zero attached hydrogens (tertiary/aromatic N) is 5. The minimum absolute atomic E-state index is 0.191. The van der Waals surface area contributed by atoms with Gasteiger partial charge in [-0.15, -0.1) is 0 Å². The van der Waals surface area contributed by atoms with Crippen LogP contribution < -0.4 is 0 Å². The highest BCUT2D eigenvalue weighted by molar-refractivity contribution is 5.99. The molecule has 2 saturated heterocycles. The zero-order chi connectivity index (χ0) is 18.5. The Bertz CT molecular complexity index is 639. The Balaban J connectivity index is 1.66. The predicted octanol–water partition coefficient (Wildman–Crippen LogP) is -1.09. The summed E-state index contributed by atoms with van der Waals surface area (Å²) < 4.78 is 0. The van der Waals surface area contributed by atoms with Gasteiger partial charge in [0.05, 0.1) is 11.1 Å². The maximum Gasteiger partial charge on any atom is 0.255 e. The molecule has 0 aliphatic carbocycles. The summed E-state index contributed by atoms with van der Waals surface area (Å²) in [6, 6.07) is 1.57. The van der Waals surface area contributed by atoms with Crippen molar-refractivity contribution in [2.45, 2.75) is 0 Å². The number of aromatic nitrogens is 1. The molecule has 1 aromatic heterocycles. The summed E-state index contributed by atoms with van der Waals surface area (Å²) in [6.45, 7) is 3.86. The maximum atomic E-state index is 12.6. The summed E-state index contributed by atoms with van der Waals surface area (Å²) in [6.07, 6.45) is 4.48. The molecule has 26 heavy (non-hydrogen) atoms. The van der Waals surface area contributed by atoms with Crippen molar-refractivity contribution in [2.75, 3.05) is 52.4 Å². The number of hydrogen-bond acceptors (Lipinski definition) is 5. The molecule has 2 fully saturated rings. The van der Waals surface area contributed by atoms with E-state index in [1.54, 1.807) is 25.7 Å². The molecule has 0 spiro atoms. The largest absolute Gasteiger partial charge is 0.342 e. The Morgan fingerprint density at radius 2 is 1.12 bits per heavy atom. The summed E-state index contributed by atoms with van der Waals surface area (Å²) >= 11 is 0. The van der Waals surface area contributed by atoms with Crippen molar-refractivity contribution in [3.63, 3.8) is 0 Å². The number of hydrogen-bond donors (Lipinski definition) is 0. The van der Waals surface area contributed by atoms with Crippen molar-refractivity contribution in [3.05, 3.63) is 29.6 Å². The highest BCUT2D eigenvalue weighted by Crippen LogP contribution is 2.12. The lowest BCUT2D eigenvalue weighted by Crippen LogP contribution is -2.48. The highest BCUT2D eigenvalue weighted by atomic mass is 16.2. The summed E-state index contributed by atoms with van der Waals surface area (Å²) in [5, 5.41) is 0. The molecule has 3 heterocycles. The monoisotopic (exact) mass is 359 g/mol. The first-order valence-corrected chi connectivity index (χ1v) is 8.54. The Labute approximate surface area is 151 Å². The lowest BCUT2D eigenvalue weighted by atomic mass is 10.1. The molecule has 0 atom stereocenters. The fourth-order valence-corrected chi connectivity index (χ4v) is 3.10. The molecule has 0 saturated carbocycles. The van der Waals surface area contributed by atoms with Crippen LogP contribution in [0.3, 0.4) is 0 Å². The minimum atomic E-state index is -0.191. The van der Waals surface area contributed by atoms with Gasteiger partial charge in [-0.2, -0.15) is 0 Å². The van der Waals surface area contributed by atoms with Crippen molar-refractivity contribution >= 4 is 24.6 Å². The Morgan fingerprint density at radius 1 is 0.731 bits per heavy atom. The molecule has 0 radical (unpaired) electrons. The van der Waals surface area contributed by atoms with Gasteiger partial charge in [0, 0.05) is 64.8 Å². The number of pyridine rings is 1. The zero-order valence-electron chi connectivity index (χ0n) is 14.4. The van der Waals surface area contributed by atoms with Gasteiger partial charge in [0.15, 0.2) is 0 Å². The van der Waals surface area contributed by atoms with Crippen LogP contribution in [0.5, 0.6) is 0 Å². The van der Waals surface area contributed by atoms with Crippen LogP contribution >= 0.6 is 0 Å². The fraction of sp³-hybridized carbons (Fsp3) is 0.471. The molecule has 0 bridgehead atoms. The summed E-state index contributed by atoms with van der Waals surface area (Å²) in [5.74, 6) is -0.382. The van der Waals surface area contributed by atoms with Gasteiger partial charge in [0.2, 0.25) is 12.8 Å². The van der Waals surface area contributed by atoms with E-state index in [2.05, 4.69) is 4.98 Å². The van der Waals surface area contributed by atoms with Gasteiger partial charge in [-0.1, -0.05) is 0 Å². The quantitative estimate of drug-likeness (QED) is 0.637. The van der Waals surface area contributed by atoms with E-state index in [0.717, 1.165) is 12.8 Å². The predicted molar refractivity (Wildman–Crippen MR) is 91.3 cm³/mol. The number of piperazine rings is 2. The molecular formula is C17H21N5O4. The second-order valence-electron chi connectivity index (χ2n) is 6.33. The van der Waals surface area contributed by atoms with E-state index >= 15 is 0 Å². The fourth-order valence-electron chi connectivity index (χ4n) is 3.10. The molecule has 2 aliphatic heterocycles. The van der Waals surface area contributed by atoms with Crippen LogP contribution in [0.4, 0.5) is 0 Å². The van der Waals surface area contributed by atoms with Gasteiger partial charge < -0.3 is 19.6 Å². The smallest absolute Gasteiger partial charge is 0.255 e. The van der Waals surface area contributed by atoms with Crippen LogP contribution in [0.15, 0.2) is 18.5 Å². The zero-order valence-corrected chi connectivity index (χ0v) is 14.4. The third kappa shape index (κ3) is 3.81. The van der Waals surface area contributed by atoms with Gasteiger partial charge in [-0.05, 0) is 6.07 Å². The van der Waals surface area contributed by atoms with Crippen LogP contribution in [-0.2, 0) is 9.59 Å². The number of amides is 4. The molecule has 0 aromatic carbocycles. The molecule has 0 unspecified atom stereocenters. The van der Waals surface area contributed by atoms with E-state index in [4.69, 9.17) is 0 Å². The topological polar surface area (TPSA) is 94.1 Å². The van der Waals surface area contributed by atoms with Crippen molar-refractivity contribution in [1.29, 1.82) is 0 Å². The van der Waals surface area contributed by atoms with Crippen LogP contribution in [-0.4, -0.2) is 102 Å². The lowest BCUT2D eigenvalue weighted by Gasteiger charge is -2.33. The van der Waals surface area contributed by atoms with Gasteiger partial charge in [-0.25, -0.2) is 0 Å². The SMILES string of the molecule is O=CN1CCN(C(=O)c2cncc(C(=O)N3CCN(C=O)CC3)c2)CC1.